The van der Waals surface area contributed by atoms with E-state index in [1.807, 2.05) is 13.8 Å². The van der Waals surface area contributed by atoms with Crippen molar-refractivity contribution in [3.8, 4) is 0 Å². The third-order valence-electron chi connectivity index (χ3n) is 1.70. The van der Waals surface area contributed by atoms with E-state index >= 15 is 0 Å². The molecule has 1 aliphatic rings. The van der Waals surface area contributed by atoms with Crippen molar-refractivity contribution in [1.29, 1.82) is 0 Å². The Morgan fingerprint density at radius 2 is 2.45 bits per heavy atom. The fraction of sp³-hybridized carbons (Fsp3) is 0.875. The SMILES string of the molecule is CCC(C)OC(=O)CC1CO1. The topological polar surface area (TPSA) is 38.8 Å². The number of carbonyl (C=O) groups is 1. The third-order valence-corrected chi connectivity index (χ3v) is 1.70. The molecule has 0 aromatic heterocycles. The van der Waals surface area contributed by atoms with Gasteiger partial charge in [0.15, 0.2) is 0 Å². The van der Waals surface area contributed by atoms with Crippen molar-refractivity contribution in [2.45, 2.75) is 38.9 Å². The van der Waals surface area contributed by atoms with Gasteiger partial charge in [0.1, 0.15) is 0 Å². The lowest BCUT2D eigenvalue weighted by atomic mass is 10.3. The van der Waals surface area contributed by atoms with Crippen LogP contribution in [0.3, 0.4) is 0 Å². The second-order valence-electron chi connectivity index (χ2n) is 2.87. The molecule has 0 aliphatic carbocycles. The van der Waals surface area contributed by atoms with E-state index < -0.39 is 0 Å². The Labute approximate surface area is 66.7 Å². The van der Waals surface area contributed by atoms with Gasteiger partial charge in [-0.3, -0.25) is 4.79 Å². The van der Waals surface area contributed by atoms with Crippen LogP contribution < -0.4 is 0 Å². The molecule has 3 nitrogen and oxygen atoms in total. The first-order valence-corrected chi connectivity index (χ1v) is 4.03. The Morgan fingerprint density at radius 3 is 2.91 bits per heavy atom. The summed E-state index contributed by atoms with van der Waals surface area (Å²) in [5, 5.41) is 0. The van der Waals surface area contributed by atoms with Gasteiger partial charge in [0, 0.05) is 0 Å². The standard InChI is InChI=1S/C8H14O3/c1-3-6(2)11-8(9)4-7-5-10-7/h6-7H,3-5H2,1-2H3. The maximum atomic E-state index is 11.0. The molecule has 1 saturated heterocycles. The highest BCUT2D eigenvalue weighted by Crippen LogP contribution is 2.14. The van der Waals surface area contributed by atoms with Gasteiger partial charge in [0.05, 0.1) is 25.2 Å². The molecule has 1 rings (SSSR count). The lowest BCUT2D eigenvalue weighted by molar-refractivity contribution is -0.148. The van der Waals surface area contributed by atoms with E-state index in [9.17, 15) is 4.79 Å². The van der Waals surface area contributed by atoms with Crippen LogP contribution in [0.25, 0.3) is 0 Å². The highest BCUT2D eigenvalue weighted by molar-refractivity contribution is 5.70. The number of carbonyl (C=O) groups excluding carboxylic acids is 1. The largest absolute Gasteiger partial charge is 0.463 e. The average Bonchev–Trinajstić information content (AvgIpc) is 2.71. The summed E-state index contributed by atoms with van der Waals surface area (Å²) in [6.45, 7) is 4.60. The number of esters is 1. The monoisotopic (exact) mass is 158 g/mol. The van der Waals surface area contributed by atoms with Gasteiger partial charge in [-0.1, -0.05) is 6.92 Å². The van der Waals surface area contributed by atoms with Crippen LogP contribution in [0.4, 0.5) is 0 Å². The molecule has 1 aliphatic heterocycles. The minimum Gasteiger partial charge on any atom is -0.463 e. The maximum Gasteiger partial charge on any atom is 0.308 e. The molecule has 3 heteroatoms. The van der Waals surface area contributed by atoms with Gasteiger partial charge in [-0.2, -0.15) is 0 Å². The van der Waals surface area contributed by atoms with Crippen molar-refractivity contribution in [2.24, 2.45) is 0 Å². The quantitative estimate of drug-likeness (QED) is 0.454. The first-order chi connectivity index (χ1) is 5.22. The Kier molecular flexibility index (Phi) is 2.88. The number of epoxide rings is 1. The molecule has 0 bridgehead atoms. The van der Waals surface area contributed by atoms with Crippen molar-refractivity contribution < 1.29 is 14.3 Å². The minimum absolute atomic E-state index is 0.0428. The average molecular weight is 158 g/mol. The van der Waals surface area contributed by atoms with Crippen molar-refractivity contribution in [3.05, 3.63) is 0 Å². The summed E-state index contributed by atoms with van der Waals surface area (Å²) in [4.78, 5) is 11.0. The van der Waals surface area contributed by atoms with E-state index in [0.29, 0.717) is 6.42 Å². The van der Waals surface area contributed by atoms with E-state index in [4.69, 9.17) is 9.47 Å². The predicted molar refractivity (Wildman–Crippen MR) is 40.2 cm³/mol. The van der Waals surface area contributed by atoms with Gasteiger partial charge in [0.25, 0.3) is 0 Å². The maximum absolute atomic E-state index is 11.0. The molecule has 1 fully saturated rings. The van der Waals surface area contributed by atoms with Crippen LogP contribution in [0.5, 0.6) is 0 Å². The summed E-state index contributed by atoms with van der Waals surface area (Å²) < 4.78 is 9.92. The summed E-state index contributed by atoms with van der Waals surface area (Å²) in [5.74, 6) is -0.137. The zero-order chi connectivity index (χ0) is 8.27. The lowest BCUT2D eigenvalue weighted by Crippen LogP contribution is -2.15. The van der Waals surface area contributed by atoms with Gasteiger partial charge in [-0.05, 0) is 13.3 Å². The van der Waals surface area contributed by atoms with Crippen molar-refractivity contribution >= 4 is 5.97 Å². The summed E-state index contributed by atoms with van der Waals surface area (Å²) in [7, 11) is 0. The van der Waals surface area contributed by atoms with E-state index in [1.165, 1.54) is 0 Å². The summed E-state index contributed by atoms with van der Waals surface area (Å²) in [6.07, 6.45) is 1.48. The molecule has 64 valence electrons. The zero-order valence-corrected chi connectivity index (χ0v) is 7.00. The molecular formula is C8H14O3. The zero-order valence-electron chi connectivity index (χ0n) is 7.00. The van der Waals surface area contributed by atoms with E-state index in [0.717, 1.165) is 13.0 Å². The van der Waals surface area contributed by atoms with Crippen molar-refractivity contribution in [2.75, 3.05) is 6.61 Å². The van der Waals surface area contributed by atoms with Crippen molar-refractivity contribution in [3.63, 3.8) is 0 Å². The molecule has 0 saturated carbocycles. The molecule has 0 aromatic carbocycles. The number of hydrogen-bond acceptors (Lipinski definition) is 3. The fourth-order valence-electron chi connectivity index (χ4n) is 0.728. The lowest BCUT2D eigenvalue weighted by Gasteiger charge is -2.09. The van der Waals surface area contributed by atoms with Gasteiger partial charge in [-0.25, -0.2) is 0 Å². The van der Waals surface area contributed by atoms with E-state index in [-0.39, 0.29) is 18.2 Å². The molecule has 1 heterocycles. The first kappa shape index (κ1) is 8.53. The Balaban J connectivity index is 2.08. The third kappa shape index (κ3) is 3.37. The normalized spacial score (nSPS) is 24.4. The van der Waals surface area contributed by atoms with Crippen LogP contribution in [0.15, 0.2) is 0 Å². The number of rotatable bonds is 4. The van der Waals surface area contributed by atoms with Gasteiger partial charge in [0.2, 0.25) is 0 Å². The Hall–Kier alpha value is -0.570. The van der Waals surface area contributed by atoms with E-state index in [2.05, 4.69) is 0 Å². The Bertz CT molecular complexity index is 140. The molecule has 0 amide bonds. The Morgan fingerprint density at radius 1 is 1.82 bits per heavy atom. The molecule has 2 atom stereocenters. The predicted octanol–water partition coefficient (Wildman–Crippen LogP) is 1.12. The highest BCUT2D eigenvalue weighted by Gasteiger charge is 2.26. The second kappa shape index (κ2) is 3.72. The molecule has 11 heavy (non-hydrogen) atoms. The minimum atomic E-state index is -0.137. The number of hydrogen-bond donors (Lipinski definition) is 0. The van der Waals surface area contributed by atoms with Gasteiger partial charge < -0.3 is 9.47 Å². The van der Waals surface area contributed by atoms with Crippen LogP contribution in [0.2, 0.25) is 0 Å². The molecule has 0 aromatic rings. The van der Waals surface area contributed by atoms with Crippen LogP contribution >= 0.6 is 0 Å². The summed E-state index contributed by atoms with van der Waals surface area (Å²) in [5.41, 5.74) is 0. The van der Waals surface area contributed by atoms with Gasteiger partial charge >= 0.3 is 5.97 Å². The van der Waals surface area contributed by atoms with Crippen LogP contribution in [0.1, 0.15) is 26.7 Å². The van der Waals surface area contributed by atoms with E-state index in [1.54, 1.807) is 0 Å². The number of ether oxygens (including phenoxy) is 2. The van der Waals surface area contributed by atoms with Crippen molar-refractivity contribution in [1.82, 2.24) is 0 Å². The second-order valence-corrected chi connectivity index (χ2v) is 2.87. The first-order valence-electron chi connectivity index (χ1n) is 4.03. The smallest absolute Gasteiger partial charge is 0.308 e. The molecule has 2 unspecified atom stereocenters. The molecular weight excluding hydrogens is 144 g/mol. The summed E-state index contributed by atoms with van der Waals surface area (Å²) >= 11 is 0. The summed E-state index contributed by atoms with van der Waals surface area (Å²) in [6, 6.07) is 0. The molecule has 0 radical (unpaired) electrons. The van der Waals surface area contributed by atoms with Crippen LogP contribution in [0, 0.1) is 0 Å². The molecule has 0 N–H and O–H groups in total. The van der Waals surface area contributed by atoms with Crippen LogP contribution in [-0.4, -0.2) is 24.8 Å². The van der Waals surface area contributed by atoms with Crippen LogP contribution in [-0.2, 0) is 14.3 Å². The fourth-order valence-corrected chi connectivity index (χ4v) is 0.728. The molecule has 0 spiro atoms. The van der Waals surface area contributed by atoms with Gasteiger partial charge in [-0.15, -0.1) is 0 Å². The highest BCUT2D eigenvalue weighted by atomic mass is 16.6.